The molecule has 0 saturated carbocycles. The molecule has 0 bridgehead atoms. The van der Waals surface area contributed by atoms with Gasteiger partial charge in [0.15, 0.2) is 0 Å². The second kappa shape index (κ2) is 8.85. The first-order valence-electron chi connectivity index (χ1n) is 9.50. The highest BCUT2D eigenvalue weighted by Crippen LogP contribution is 2.27. The molecule has 1 heterocycles. The van der Waals surface area contributed by atoms with E-state index in [9.17, 15) is 9.18 Å². The van der Waals surface area contributed by atoms with Crippen LogP contribution < -0.4 is 4.90 Å². The van der Waals surface area contributed by atoms with Gasteiger partial charge in [0.25, 0.3) is 0 Å². The fraction of sp³-hybridized carbons (Fsp3) is 0.409. The first kappa shape index (κ1) is 19.8. The Morgan fingerprint density at radius 1 is 1.15 bits per heavy atom. The lowest BCUT2D eigenvalue weighted by molar-refractivity contribution is -0.122. The van der Waals surface area contributed by atoms with E-state index in [0.29, 0.717) is 0 Å². The third-order valence-electron chi connectivity index (χ3n) is 5.11. The summed E-state index contributed by atoms with van der Waals surface area (Å²) in [7, 11) is 0. The Hall–Kier alpha value is -1.91. The van der Waals surface area contributed by atoms with Gasteiger partial charge in [-0.1, -0.05) is 43.6 Å². The maximum Gasteiger partial charge on any atom is 0.229 e. The number of benzene rings is 2. The summed E-state index contributed by atoms with van der Waals surface area (Å²) in [5.74, 6) is -0.298. The van der Waals surface area contributed by atoms with Crippen LogP contribution in [0, 0.1) is 11.7 Å². The van der Waals surface area contributed by atoms with E-state index in [2.05, 4.69) is 11.0 Å². The van der Waals surface area contributed by atoms with Gasteiger partial charge >= 0.3 is 0 Å². The van der Waals surface area contributed by atoms with Gasteiger partial charge < -0.3 is 4.90 Å². The van der Waals surface area contributed by atoms with Crippen LogP contribution in [0.15, 0.2) is 48.5 Å². The number of halogens is 2. The zero-order valence-corrected chi connectivity index (χ0v) is 16.6. The van der Waals surface area contributed by atoms with Crippen molar-refractivity contribution in [2.45, 2.75) is 39.3 Å². The van der Waals surface area contributed by atoms with Crippen molar-refractivity contribution in [2.24, 2.45) is 5.92 Å². The van der Waals surface area contributed by atoms with Crippen molar-refractivity contribution in [3.63, 3.8) is 0 Å². The molecule has 2 aromatic rings. The third-order valence-corrected chi connectivity index (χ3v) is 5.48. The van der Waals surface area contributed by atoms with Crippen LogP contribution in [0.4, 0.5) is 10.1 Å². The molecule has 0 aromatic heterocycles. The summed E-state index contributed by atoms with van der Waals surface area (Å²) in [6.07, 6.45) is 1.78. The van der Waals surface area contributed by atoms with Crippen LogP contribution in [0.5, 0.6) is 0 Å². The number of amides is 1. The number of hydrogen-bond acceptors (Lipinski definition) is 2. The van der Waals surface area contributed by atoms with E-state index in [0.717, 1.165) is 48.7 Å². The number of likely N-dealkylation sites (tertiary alicyclic amines) is 1. The van der Waals surface area contributed by atoms with Gasteiger partial charge in [-0.25, -0.2) is 4.39 Å². The Morgan fingerprint density at radius 3 is 2.37 bits per heavy atom. The topological polar surface area (TPSA) is 23.6 Å². The first-order chi connectivity index (χ1) is 13.0. The molecular weight excluding hydrogens is 363 g/mol. The fourth-order valence-electron chi connectivity index (χ4n) is 3.60. The minimum Gasteiger partial charge on any atom is -0.309 e. The van der Waals surface area contributed by atoms with E-state index in [1.165, 1.54) is 12.1 Å². The number of nitrogens with zero attached hydrogens (tertiary/aromatic N) is 2. The minimum atomic E-state index is -0.287. The summed E-state index contributed by atoms with van der Waals surface area (Å²) in [6.45, 7) is 6.44. The van der Waals surface area contributed by atoms with E-state index in [1.54, 1.807) is 12.1 Å². The molecule has 0 N–H and O–H groups in total. The first-order valence-corrected chi connectivity index (χ1v) is 9.88. The zero-order valence-electron chi connectivity index (χ0n) is 15.9. The van der Waals surface area contributed by atoms with Crippen molar-refractivity contribution < 1.29 is 9.18 Å². The van der Waals surface area contributed by atoms with Crippen molar-refractivity contribution in [2.75, 3.05) is 18.0 Å². The second-order valence-corrected chi connectivity index (χ2v) is 7.85. The average molecular weight is 389 g/mol. The number of piperidine rings is 1. The van der Waals surface area contributed by atoms with Crippen LogP contribution in [-0.2, 0) is 11.3 Å². The largest absolute Gasteiger partial charge is 0.309 e. The smallest absolute Gasteiger partial charge is 0.229 e. The average Bonchev–Trinajstić information content (AvgIpc) is 2.66. The minimum absolute atomic E-state index is 0.0890. The Balaban J connectivity index is 1.70. The Morgan fingerprint density at radius 2 is 1.78 bits per heavy atom. The molecule has 0 unspecified atom stereocenters. The SMILES string of the molecule is CC(C)C(=O)N(c1ccc(F)cc1)C1CCN(Cc2ccccc2Cl)CC1. The van der Waals surface area contributed by atoms with Gasteiger partial charge in [-0.3, -0.25) is 9.69 Å². The van der Waals surface area contributed by atoms with Gasteiger partial charge in [-0.15, -0.1) is 0 Å². The quantitative estimate of drug-likeness (QED) is 0.708. The van der Waals surface area contributed by atoms with Gasteiger partial charge in [-0.05, 0) is 48.7 Å². The van der Waals surface area contributed by atoms with Gasteiger partial charge in [0.1, 0.15) is 5.82 Å². The predicted molar refractivity (Wildman–Crippen MR) is 108 cm³/mol. The zero-order chi connectivity index (χ0) is 19.4. The highest BCUT2D eigenvalue weighted by molar-refractivity contribution is 6.31. The second-order valence-electron chi connectivity index (χ2n) is 7.44. The van der Waals surface area contributed by atoms with Crippen molar-refractivity contribution >= 4 is 23.2 Å². The van der Waals surface area contributed by atoms with Crippen molar-refractivity contribution in [3.8, 4) is 0 Å². The van der Waals surface area contributed by atoms with Gasteiger partial charge in [0.2, 0.25) is 5.91 Å². The van der Waals surface area contributed by atoms with Gasteiger partial charge in [-0.2, -0.15) is 0 Å². The van der Waals surface area contributed by atoms with E-state index in [-0.39, 0.29) is 23.7 Å². The summed E-state index contributed by atoms with van der Waals surface area (Å²) < 4.78 is 13.3. The molecule has 1 aliphatic heterocycles. The summed E-state index contributed by atoms with van der Waals surface area (Å²) in [6, 6.07) is 14.3. The number of carbonyl (C=O) groups is 1. The Bertz CT molecular complexity index is 770. The monoisotopic (exact) mass is 388 g/mol. The molecule has 1 aliphatic rings. The van der Waals surface area contributed by atoms with E-state index >= 15 is 0 Å². The Labute approximate surface area is 165 Å². The lowest BCUT2D eigenvalue weighted by Gasteiger charge is -2.39. The molecule has 3 nitrogen and oxygen atoms in total. The molecule has 3 rings (SSSR count). The maximum absolute atomic E-state index is 13.3. The number of carbonyl (C=O) groups excluding carboxylic acids is 1. The molecule has 1 fully saturated rings. The van der Waals surface area contributed by atoms with E-state index < -0.39 is 0 Å². The normalized spacial score (nSPS) is 15.9. The molecule has 0 spiro atoms. The predicted octanol–water partition coefficient (Wildman–Crippen LogP) is 5.13. The van der Waals surface area contributed by atoms with Crippen LogP contribution in [0.25, 0.3) is 0 Å². The van der Waals surface area contributed by atoms with Crippen molar-refractivity contribution in [1.82, 2.24) is 4.90 Å². The van der Waals surface area contributed by atoms with Crippen LogP contribution in [0.3, 0.4) is 0 Å². The van der Waals surface area contributed by atoms with Crippen molar-refractivity contribution in [3.05, 3.63) is 64.9 Å². The molecule has 1 amide bonds. The number of anilines is 1. The molecule has 0 atom stereocenters. The molecule has 5 heteroatoms. The fourth-order valence-corrected chi connectivity index (χ4v) is 3.80. The lowest BCUT2D eigenvalue weighted by Crippen LogP contribution is -2.48. The highest BCUT2D eigenvalue weighted by Gasteiger charge is 2.30. The third kappa shape index (κ3) is 4.88. The van der Waals surface area contributed by atoms with E-state index in [1.807, 2.05) is 36.9 Å². The molecule has 27 heavy (non-hydrogen) atoms. The van der Waals surface area contributed by atoms with E-state index in [4.69, 9.17) is 11.6 Å². The standard InChI is InChI=1S/C22H26ClFN2O/c1-16(2)22(27)26(19-9-7-18(24)8-10-19)20-11-13-25(14-12-20)15-17-5-3-4-6-21(17)23/h3-10,16,20H,11-15H2,1-2H3. The van der Waals surface area contributed by atoms with Crippen LogP contribution in [-0.4, -0.2) is 29.9 Å². The van der Waals surface area contributed by atoms with Gasteiger partial charge in [0.05, 0.1) is 0 Å². The molecule has 0 aliphatic carbocycles. The number of rotatable bonds is 5. The summed E-state index contributed by atoms with van der Waals surface area (Å²) >= 11 is 6.28. The van der Waals surface area contributed by atoms with Gasteiger partial charge in [0, 0.05) is 42.3 Å². The van der Waals surface area contributed by atoms with Crippen LogP contribution in [0.1, 0.15) is 32.3 Å². The van der Waals surface area contributed by atoms with Crippen LogP contribution in [0.2, 0.25) is 5.02 Å². The molecule has 0 radical (unpaired) electrons. The van der Waals surface area contributed by atoms with Crippen molar-refractivity contribution in [1.29, 1.82) is 0 Å². The highest BCUT2D eigenvalue weighted by atomic mass is 35.5. The molecule has 1 saturated heterocycles. The molecular formula is C22H26ClFN2O. The molecule has 2 aromatic carbocycles. The lowest BCUT2D eigenvalue weighted by atomic mass is 9.99. The Kier molecular flexibility index (Phi) is 6.51. The van der Waals surface area contributed by atoms with Crippen LogP contribution >= 0.6 is 11.6 Å². The summed E-state index contributed by atoms with van der Waals surface area (Å²) in [5.41, 5.74) is 1.91. The summed E-state index contributed by atoms with van der Waals surface area (Å²) in [4.78, 5) is 17.1. The molecule has 144 valence electrons. The summed E-state index contributed by atoms with van der Waals surface area (Å²) in [5, 5.41) is 0.794. The maximum atomic E-state index is 13.3. The number of hydrogen-bond donors (Lipinski definition) is 0.